The fourth-order valence-electron chi connectivity index (χ4n) is 3.69. The largest absolute Gasteiger partial charge is 0.383 e. The number of allylic oxidation sites excluding steroid dienone is 1. The van der Waals surface area contributed by atoms with Gasteiger partial charge in [-0.3, -0.25) is 9.78 Å². The smallest absolute Gasteiger partial charge is 0.229 e. The molecule has 3 N–H and O–H groups in total. The summed E-state index contributed by atoms with van der Waals surface area (Å²) in [5, 5.41) is 4.57. The molecule has 0 saturated heterocycles. The third kappa shape index (κ3) is 4.05. The maximum Gasteiger partial charge on any atom is 0.229 e. The number of pyridine rings is 3. The molecule has 1 saturated carbocycles. The van der Waals surface area contributed by atoms with Crippen molar-refractivity contribution in [1.82, 2.24) is 15.0 Å². The summed E-state index contributed by atoms with van der Waals surface area (Å²) in [7, 11) is 2.70. The Morgan fingerprint density at radius 2 is 2.13 bits per heavy atom. The summed E-state index contributed by atoms with van der Waals surface area (Å²) in [6.07, 6.45) is 12.3. The number of fused-ring (bicyclic) bond motifs is 1. The molecule has 3 atom stereocenters. The zero-order valence-corrected chi connectivity index (χ0v) is 18.4. The standard InChI is InChI=1S/C23H26N5OP/c1-3-5-13-10-25-11-18(15(13)6-4-2)19-7-14-8-21(26-12-17(14)22(24)27-19)28-23(29)16-9-20(16)30/h3,5,7-8,10-12,16,20H,4,6,9,30H2,1-2H3,(H2,24,27)(H,26,28,29)/b5-3-. The molecule has 3 unspecified atom stereocenters. The SMILES string of the molecule is C/C=C\c1cncc(-c2cc3cc(NC(=O)C4CC4P)ncc3c(N)n2)c1CCC. The van der Waals surface area contributed by atoms with Gasteiger partial charge < -0.3 is 11.1 Å². The van der Waals surface area contributed by atoms with Crippen molar-refractivity contribution in [3.05, 3.63) is 47.9 Å². The van der Waals surface area contributed by atoms with Crippen molar-refractivity contribution in [3.8, 4) is 11.3 Å². The molecule has 7 heteroatoms. The van der Waals surface area contributed by atoms with Crippen LogP contribution in [0.3, 0.4) is 0 Å². The highest BCUT2D eigenvalue weighted by Gasteiger charge is 2.39. The van der Waals surface area contributed by atoms with Crippen LogP contribution in [0.25, 0.3) is 28.1 Å². The number of anilines is 2. The fourth-order valence-corrected chi connectivity index (χ4v) is 4.16. The Labute approximate surface area is 178 Å². The molecule has 4 rings (SSSR count). The van der Waals surface area contributed by atoms with Crippen LogP contribution in [0.1, 0.15) is 37.8 Å². The minimum Gasteiger partial charge on any atom is -0.383 e. The highest BCUT2D eigenvalue weighted by Crippen LogP contribution is 2.38. The van der Waals surface area contributed by atoms with E-state index in [1.54, 1.807) is 6.20 Å². The fraction of sp³-hybridized carbons (Fsp3) is 0.304. The lowest BCUT2D eigenvalue weighted by molar-refractivity contribution is -0.117. The van der Waals surface area contributed by atoms with Crippen molar-refractivity contribution in [1.29, 1.82) is 0 Å². The summed E-state index contributed by atoms with van der Waals surface area (Å²) < 4.78 is 0. The van der Waals surface area contributed by atoms with Crippen molar-refractivity contribution in [2.75, 3.05) is 11.1 Å². The number of aromatic nitrogens is 3. The van der Waals surface area contributed by atoms with Crippen LogP contribution in [0.2, 0.25) is 0 Å². The van der Waals surface area contributed by atoms with Gasteiger partial charge in [-0.05, 0) is 54.1 Å². The molecular formula is C23H26N5OP. The number of nitrogen functional groups attached to an aromatic ring is 1. The van der Waals surface area contributed by atoms with Gasteiger partial charge in [0.15, 0.2) is 0 Å². The molecule has 3 aromatic heterocycles. The van der Waals surface area contributed by atoms with E-state index in [2.05, 4.69) is 42.5 Å². The number of nitrogens with one attached hydrogen (secondary N) is 1. The molecule has 0 aromatic carbocycles. The monoisotopic (exact) mass is 419 g/mol. The molecule has 1 aliphatic carbocycles. The van der Waals surface area contributed by atoms with Gasteiger partial charge in [0.2, 0.25) is 5.91 Å². The van der Waals surface area contributed by atoms with E-state index < -0.39 is 0 Å². The molecule has 154 valence electrons. The lowest BCUT2D eigenvalue weighted by atomic mass is 9.96. The first-order valence-corrected chi connectivity index (χ1v) is 10.9. The first-order chi connectivity index (χ1) is 14.5. The Hall–Kier alpha value is -2.85. The van der Waals surface area contributed by atoms with Crippen LogP contribution in [0, 0.1) is 5.92 Å². The van der Waals surface area contributed by atoms with E-state index in [4.69, 9.17) is 5.73 Å². The van der Waals surface area contributed by atoms with Crippen LogP contribution < -0.4 is 11.1 Å². The summed E-state index contributed by atoms with van der Waals surface area (Å²) in [4.78, 5) is 25.7. The molecule has 1 amide bonds. The van der Waals surface area contributed by atoms with Gasteiger partial charge >= 0.3 is 0 Å². The normalized spacial score (nSPS) is 18.1. The number of amides is 1. The second kappa shape index (κ2) is 8.49. The third-order valence-corrected chi connectivity index (χ3v) is 6.12. The lowest BCUT2D eigenvalue weighted by Crippen LogP contribution is -2.15. The number of nitrogens with two attached hydrogens (primary N) is 1. The van der Waals surface area contributed by atoms with Gasteiger partial charge in [0.25, 0.3) is 0 Å². The molecule has 3 heterocycles. The van der Waals surface area contributed by atoms with Crippen LogP contribution in [0.15, 0.2) is 36.8 Å². The lowest BCUT2D eigenvalue weighted by Gasteiger charge is -2.13. The quantitative estimate of drug-likeness (QED) is 0.575. The zero-order valence-electron chi connectivity index (χ0n) is 17.2. The van der Waals surface area contributed by atoms with E-state index in [1.807, 2.05) is 37.5 Å². The van der Waals surface area contributed by atoms with Crippen molar-refractivity contribution in [2.45, 2.75) is 38.8 Å². The topological polar surface area (TPSA) is 93.8 Å². The van der Waals surface area contributed by atoms with Gasteiger partial charge in [-0.25, -0.2) is 9.97 Å². The van der Waals surface area contributed by atoms with Crippen molar-refractivity contribution in [3.63, 3.8) is 0 Å². The minimum atomic E-state index is 0.0117. The Balaban J connectivity index is 1.76. The van der Waals surface area contributed by atoms with Gasteiger partial charge in [-0.15, -0.1) is 9.24 Å². The summed E-state index contributed by atoms with van der Waals surface area (Å²) in [6, 6.07) is 3.85. The number of carbonyl (C=O) groups excluding carboxylic acids is 1. The van der Waals surface area contributed by atoms with Gasteiger partial charge in [-0.2, -0.15) is 0 Å². The van der Waals surface area contributed by atoms with E-state index in [-0.39, 0.29) is 11.8 Å². The predicted octanol–water partition coefficient (Wildman–Crippen LogP) is 4.46. The van der Waals surface area contributed by atoms with E-state index in [1.165, 1.54) is 5.56 Å². The molecule has 0 bridgehead atoms. The summed E-state index contributed by atoms with van der Waals surface area (Å²) >= 11 is 0. The van der Waals surface area contributed by atoms with Crippen molar-refractivity contribution in [2.24, 2.45) is 5.92 Å². The molecule has 30 heavy (non-hydrogen) atoms. The first kappa shape index (κ1) is 20.4. The molecule has 0 radical (unpaired) electrons. The maximum atomic E-state index is 12.3. The minimum absolute atomic E-state index is 0.0117. The Morgan fingerprint density at radius 1 is 1.33 bits per heavy atom. The van der Waals surface area contributed by atoms with Gasteiger partial charge in [-0.1, -0.05) is 25.5 Å². The third-order valence-electron chi connectivity index (χ3n) is 5.39. The Morgan fingerprint density at radius 3 is 2.83 bits per heavy atom. The number of nitrogens with zero attached hydrogens (tertiary/aromatic N) is 3. The van der Waals surface area contributed by atoms with Gasteiger partial charge in [0.1, 0.15) is 11.6 Å². The summed E-state index contributed by atoms with van der Waals surface area (Å²) in [6.45, 7) is 4.16. The van der Waals surface area contributed by atoms with E-state index >= 15 is 0 Å². The predicted molar refractivity (Wildman–Crippen MR) is 126 cm³/mol. The number of hydrogen-bond acceptors (Lipinski definition) is 5. The second-order valence-electron chi connectivity index (χ2n) is 7.68. The van der Waals surface area contributed by atoms with Crippen LogP contribution in [-0.2, 0) is 11.2 Å². The highest BCUT2D eigenvalue weighted by atomic mass is 31.0. The average Bonchev–Trinajstić information content (AvgIpc) is 3.46. The van der Waals surface area contributed by atoms with E-state index in [0.29, 0.717) is 17.3 Å². The maximum absolute atomic E-state index is 12.3. The zero-order chi connectivity index (χ0) is 21.3. The Bertz CT molecular complexity index is 1140. The molecule has 3 aromatic rings. The number of hydrogen-bond donors (Lipinski definition) is 2. The second-order valence-corrected chi connectivity index (χ2v) is 8.54. The van der Waals surface area contributed by atoms with Gasteiger partial charge in [0, 0.05) is 35.5 Å². The highest BCUT2D eigenvalue weighted by molar-refractivity contribution is 7.18. The average molecular weight is 419 g/mol. The molecule has 1 aliphatic rings. The van der Waals surface area contributed by atoms with Crippen LogP contribution in [0.4, 0.5) is 11.6 Å². The number of rotatable bonds is 6. The molecule has 0 aliphatic heterocycles. The molecule has 1 fully saturated rings. The summed E-state index contributed by atoms with van der Waals surface area (Å²) in [5.41, 5.74) is 10.7. The molecular weight excluding hydrogens is 393 g/mol. The van der Waals surface area contributed by atoms with Crippen molar-refractivity contribution < 1.29 is 4.79 Å². The Kier molecular flexibility index (Phi) is 5.78. The summed E-state index contributed by atoms with van der Waals surface area (Å²) in [5.74, 6) is 1.02. The van der Waals surface area contributed by atoms with Crippen LogP contribution >= 0.6 is 9.24 Å². The van der Waals surface area contributed by atoms with Crippen LogP contribution in [0.5, 0.6) is 0 Å². The van der Waals surface area contributed by atoms with E-state index in [9.17, 15) is 4.79 Å². The van der Waals surface area contributed by atoms with Gasteiger partial charge in [0.05, 0.1) is 5.69 Å². The molecule has 0 spiro atoms. The van der Waals surface area contributed by atoms with Crippen LogP contribution in [-0.4, -0.2) is 26.5 Å². The van der Waals surface area contributed by atoms with E-state index in [0.717, 1.165) is 46.9 Å². The first-order valence-electron chi connectivity index (χ1n) is 10.2. The molecule has 6 nitrogen and oxygen atoms in total. The number of carbonyl (C=O) groups is 1. The van der Waals surface area contributed by atoms with Crippen molar-refractivity contribution >= 4 is 43.6 Å².